The predicted molar refractivity (Wildman–Crippen MR) is 70.4 cm³/mol. The highest BCUT2D eigenvalue weighted by Gasteiger charge is 2.28. The van der Waals surface area contributed by atoms with Gasteiger partial charge < -0.3 is 9.53 Å². The molecule has 0 radical (unpaired) electrons. The van der Waals surface area contributed by atoms with Crippen LogP contribution < -0.4 is 0 Å². The zero-order chi connectivity index (χ0) is 14.6. The Balaban J connectivity index is 2.38. The highest BCUT2D eigenvalue weighted by atomic mass is 32.2. The molecule has 0 bridgehead atoms. The van der Waals surface area contributed by atoms with Crippen molar-refractivity contribution >= 4 is 16.3 Å². The molecule has 1 aliphatic rings. The minimum absolute atomic E-state index is 0.0544. The molecule has 0 saturated carbocycles. The van der Waals surface area contributed by atoms with Crippen LogP contribution >= 0.6 is 0 Å². The van der Waals surface area contributed by atoms with Gasteiger partial charge in [0.1, 0.15) is 12.1 Å². The molecular formula is C13H16FNO4S. The maximum absolute atomic E-state index is 13.4. The van der Waals surface area contributed by atoms with Gasteiger partial charge in [-0.05, 0) is 24.1 Å². The van der Waals surface area contributed by atoms with Gasteiger partial charge in [0.05, 0.1) is 18.1 Å². The molecule has 1 heterocycles. The number of aldehydes is 1. The molecule has 1 aliphatic heterocycles. The molecule has 5 nitrogen and oxygen atoms in total. The highest BCUT2D eigenvalue weighted by Crippen LogP contribution is 2.23. The van der Waals surface area contributed by atoms with Gasteiger partial charge in [0.15, 0.2) is 0 Å². The Hall–Kier alpha value is -1.31. The summed E-state index contributed by atoms with van der Waals surface area (Å²) in [4.78, 5) is 10.4. The molecule has 0 N–H and O–H groups in total. The Labute approximate surface area is 117 Å². The third-order valence-corrected chi connectivity index (χ3v) is 5.13. The Kier molecular flexibility index (Phi) is 4.85. The van der Waals surface area contributed by atoms with Crippen molar-refractivity contribution in [3.05, 3.63) is 29.6 Å². The Bertz CT molecular complexity index is 582. The average molecular weight is 301 g/mol. The minimum Gasteiger partial charge on any atom is -0.379 e. The van der Waals surface area contributed by atoms with E-state index in [-0.39, 0.29) is 30.8 Å². The second kappa shape index (κ2) is 6.43. The van der Waals surface area contributed by atoms with E-state index < -0.39 is 15.8 Å². The summed E-state index contributed by atoms with van der Waals surface area (Å²) in [6.07, 6.45) is 1.20. The summed E-state index contributed by atoms with van der Waals surface area (Å²) in [6.45, 7) is 1.17. The quantitative estimate of drug-likeness (QED) is 0.761. The van der Waals surface area contributed by atoms with Crippen molar-refractivity contribution in [2.24, 2.45) is 0 Å². The summed E-state index contributed by atoms with van der Waals surface area (Å²) in [5.41, 5.74) is 0.463. The van der Waals surface area contributed by atoms with Crippen molar-refractivity contribution in [2.75, 3.05) is 26.3 Å². The summed E-state index contributed by atoms with van der Waals surface area (Å²) in [5.74, 6) is -0.605. The molecule has 0 atom stereocenters. The molecular weight excluding hydrogens is 285 g/mol. The Morgan fingerprint density at radius 3 is 2.65 bits per heavy atom. The van der Waals surface area contributed by atoms with Gasteiger partial charge in [0.25, 0.3) is 0 Å². The van der Waals surface area contributed by atoms with Gasteiger partial charge in [-0.1, -0.05) is 6.07 Å². The molecule has 0 spiro atoms. The van der Waals surface area contributed by atoms with E-state index in [2.05, 4.69) is 0 Å². The number of benzene rings is 1. The standard InChI is InChI=1S/C13H16FNO4S/c14-12-4-3-11(2-1-7-16)13(10-12)20(17,18)15-5-8-19-9-6-15/h3-4,7,10H,1-2,5-6,8-9H2. The van der Waals surface area contributed by atoms with Crippen LogP contribution in [0.15, 0.2) is 23.1 Å². The van der Waals surface area contributed by atoms with Crippen LogP contribution in [0.3, 0.4) is 0 Å². The number of halogens is 1. The van der Waals surface area contributed by atoms with E-state index in [1.807, 2.05) is 0 Å². The van der Waals surface area contributed by atoms with Gasteiger partial charge in [0, 0.05) is 19.5 Å². The first-order valence-corrected chi connectivity index (χ1v) is 7.79. The van der Waals surface area contributed by atoms with E-state index >= 15 is 0 Å². The first kappa shape index (κ1) is 15.1. The van der Waals surface area contributed by atoms with Crippen molar-refractivity contribution < 1.29 is 22.3 Å². The summed E-state index contributed by atoms with van der Waals surface area (Å²) >= 11 is 0. The van der Waals surface area contributed by atoms with Gasteiger partial charge >= 0.3 is 0 Å². The molecule has 0 aliphatic carbocycles. The maximum atomic E-state index is 13.4. The molecule has 1 aromatic rings. The maximum Gasteiger partial charge on any atom is 0.243 e. The second-order valence-corrected chi connectivity index (χ2v) is 6.38. The molecule has 0 unspecified atom stereocenters. The van der Waals surface area contributed by atoms with Crippen LogP contribution in [0.1, 0.15) is 12.0 Å². The van der Waals surface area contributed by atoms with Crippen LogP contribution in [0.4, 0.5) is 4.39 Å². The van der Waals surface area contributed by atoms with Gasteiger partial charge in [-0.15, -0.1) is 0 Å². The van der Waals surface area contributed by atoms with Crippen molar-refractivity contribution in [1.29, 1.82) is 0 Å². The predicted octanol–water partition coefficient (Wildman–Crippen LogP) is 0.978. The lowest BCUT2D eigenvalue weighted by Gasteiger charge is -2.27. The van der Waals surface area contributed by atoms with Gasteiger partial charge in [-0.25, -0.2) is 12.8 Å². The fourth-order valence-corrected chi connectivity index (χ4v) is 3.79. The number of carbonyl (C=O) groups is 1. The molecule has 1 fully saturated rings. The van der Waals surface area contributed by atoms with Crippen LogP contribution in [0.5, 0.6) is 0 Å². The topological polar surface area (TPSA) is 63.7 Å². The largest absolute Gasteiger partial charge is 0.379 e. The van der Waals surface area contributed by atoms with Gasteiger partial charge in [-0.3, -0.25) is 0 Å². The number of hydrogen-bond donors (Lipinski definition) is 0. The summed E-state index contributed by atoms with van der Waals surface area (Å²) in [7, 11) is -3.75. The number of morpholine rings is 1. The van der Waals surface area contributed by atoms with E-state index in [1.165, 1.54) is 16.4 Å². The molecule has 2 rings (SSSR count). The molecule has 110 valence electrons. The number of hydrogen-bond acceptors (Lipinski definition) is 4. The molecule has 0 amide bonds. The van der Waals surface area contributed by atoms with Gasteiger partial charge in [-0.2, -0.15) is 4.31 Å². The third kappa shape index (κ3) is 3.23. The Morgan fingerprint density at radius 1 is 1.30 bits per heavy atom. The van der Waals surface area contributed by atoms with Crippen molar-refractivity contribution in [3.63, 3.8) is 0 Å². The van der Waals surface area contributed by atoms with Crippen LogP contribution in [0, 0.1) is 5.82 Å². The number of ether oxygens (including phenoxy) is 1. The lowest BCUT2D eigenvalue weighted by atomic mass is 10.1. The number of nitrogens with zero attached hydrogens (tertiary/aromatic N) is 1. The van der Waals surface area contributed by atoms with E-state index in [1.54, 1.807) is 0 Å². The molecule has 0 aromatic heterocycles. The fourth-order valence-electron chi connectivity index (χ4n) is 2.12. The first-order valence-electron chi connectivity index (χ1n) is 6.35. The van der Waals surface area contributed by atoms with Crippen molar-refractivity contribution in [1.82, 2.24) is 4.31 Å². The minimum atomic E-state index is -3.75. The zero-order valence-electron chi connectivity index (χ0n) is 10.9. The lowest BCUT2D eigenvalue weighted by Crippen LogP contribution is -2.41. The van der Waals surface area contributed by atoms with Crippen LogP contribution in [0.2, 0.25) is 0 Å². The zero-order valence-corrected chi connectivity index (χ0v) is 11.7. The first-order chi connectivity index (χ1) is 9.55. The number of rotatable bonds is 5. The van der Waals surface area contributed by atoms with E-state index in [9.17, 15) is 17.6 Å². The smallest absolute Gasteiger partial charge is 0.243 e. The normalized spacial score (nSPS) is 17.1. The van der Waals surface area contributed by atoms with Crippen LogP contribution in [-0.2, 0) is 26.0 Å². The molecule has 7 heteroatoms. The lowest BCUT2D eigenvalue weighted by molar-refractivity contribution is -0.107. The monoisotopic (exact) mass is 301 g/mol. The summed E-state index contributed by atoms with van der Waals surface area (Å²) in [5, 5.41) is 0. The summed E-state index contributed by atoms with van der Waals surface area (Å²) < 4.78 is 44.9. The van der Waals surface area contributed by atoms with Crippen molar-refractivity contribution in [2.45, 2.75) is 17.7 Å². The number of sulfonamides is 1. The SMILES string of the molecule is O=CCCc1ccc(F)cc1S(=O)(=O)N1CCOCC1. The second-order valence-electron chi connectivity index (χ2n) is 4.47. The fraction of sp³-hybridized carbons (Fsp3) is 0.462. The van der Waals surface area contributed by atoms with Crippen LogP contribution in [-0.4, -0.2) is 45.3 Å². The average Bonchev–Trinajstić information content (AvgIpc) is 2.47. The number of aryl methyl sites for hydroxylation is 1. The van der Waals surface area contributed by atoms with Crippen LogP contribution in [0.25, 0.3) is 0 Å². The van der Waals surface area contributed by atoms with E-state index in [0.29, 0.717) is 25.1 Å². The Morgan fingerprint density at radius 2 is 2.00 bits per heavy atom. The molecule has 1 saturated heterocycles. The highest BCUT2D eigenvalue weighted by molar-refractivity contribution is 7.89. The van der Waals surface area contributed by atoms with Crippen molar-refractivity contribution in [3.8, 4) is 0 Å². The summed E-state index contributed by atoms with van der Waals surface area (Å²) in [6, 6.07) is 3.65. The van der Waals surface area contributed by atoms with Gasteiger partial charge in [0.2, 0.25) is 10.0 Å². The number of carbonyl (C=O) groups excluding carboxylic acids is 1. The molecule has 20 heavy (non-hydrogen) atoms. The van der Waals surface area contributed by atoms with E-state index in [0.717, 1.165) is 6.07 Å². The van der Waals surface area contributed by atoms with E-state index in [4.69, 9.17) is 4.74 Å². The molecule has 1 aromatic carbocycles. The third-order valence-electron chi connectivity index (χ3n) is 3.15.